The number of carboxylic acid groups (broad SMARTS) is 1. The summed E-state index contributed by atoms with van der Waals surface area (Å²) in [6, 6.07) is 16.2. The average molecular weight is 474 g/mol. The van der Waals surface area contributed by atoms with Crippen LogP contribution in [0.5, 0.6) is 0 Å². The van der Waals surface area contributed by atoms with Crippen LogP contribution < -0.4 is 5.32 Å². The van der Waals surface area contributed by atoms with Crippen LogP contribution in [-0.4, -0.2) is 39.6 Å². The lowest BCUT2D eigenvalue weighted by Crippen LogP contribution is -2.45. The van der Waals surface area contributed by atoms with Crippen LogP contribution in [0.15, 0.2) is 54.6 Å². The van der Waals surface area contributed by atoms with Crippen molar-refractivity contribution >= 4 is 40.5 Å². The Hall–Kier alpha value is -2.25. The normalized spacial score (nSPS) is 13.9. The molecule has 2 aromatic carbocycles. The number of thioether (sulfide) groups is 2. The molecule has 5 nitrogen and oxygen atoms in total. The van der Waals surface area contributed by atoms with Gasteiger partial charge in [0.25, 0.3) is 0 Å². The molecule has 32 heavy (non-hydrogen) atoms. The predicted molar refractivity (Wildman–Crippen MR) is 133 cm³/mol. The third kappa shape index (κ3) is 8.02. The fourth-order valence-corrected chi connectivity index (χ4v) is 4.82. The van der Waals surface area contributed by atoms with Gasteiger partial charge in [0, 0.05) is 28.2 Å². The van der Waals surface area contributed by atoms with Gasteiger partial charge >= 0.3 is 5.97 Å². The summed E-state index contributed by atoms with van der Waals surface area (Å²) in [6.45, 7) is 8.02. The van der Waals surface area contributed by atoms with Gasteiger partial charge in [0.2, 0.25) is 11.0 Å². The molecule has 2 N–H and O–H groups in total. The second-order valence-electron chi connectivity index (χ2n) is 8.06. The molecule has 0 spiro atoms. The quantitative estimate of drug-likeness (QED) is 0.456. The Bertz CT molecular complexity index is 900. The van der Waals surface area contributed by atoms with Crippen molar-refractivity contribution < 1.29 is 19.5 Å². The maximum Gasteiger partial charge on any atom is 0.327 e. The maximum absolute atomic E-state index is 12.5. The van der Waals surface area contributed by atoms with Gasteiger partial charge in [-0.15, -0.1) is 0 Å². The van der Waals surface area contributed by atoms with Crippen LogP contribution in [0.25, 0.3) is 0 Å². The van der Waals surface area contributed by atoms with Crippen molar-refractivity contribution in [3.05, 3.63) is 71.3 Å². The van der Waals surface area contributed by atoms with Crippen molar-refractivity contribution in [2.45, 2.75) is 44.9 Å². The minimum atomic E-state index is -1.06. The van der Waals surface area contributed by atoms with Gasteiger partial charge in [0.15, 0.2) is 0 Å². The maximum atomic E-state index is 12.5. The summed E-state index contributed by atoms with van der Waals surface area (Å²) in [5.74, 6) is -0.898. The highest BCUT2D eigenvalue weighted by Gasteiger charge is 2.24. The van der Waals surface area contributed by atoms with Gasteiger partial charge in [-0.1, -0.05) is 87.1 Å². The molecule has 0 fully saturated rings. The molecule has 0 bridgehead atoms. The Morgan fingerprint density at radius 1 is 0.875 bits per heavy atom. The number of benzene rings is 2. The van der Waals surface area contributed by atoms with Crippen LogP contribution in [0, 0.1) is 5.92 Å². The number of hydrogen-bond donors (Lipinski definition) is 2. The first-order chi connectivity index (χ1) is 15.2. The molecule has 0 saturated carbocycles. The average Bonchev–Trinajstić information content (AvgIpc) is 2.79. The van der Waals surface area contributed by atoms with E-state index in [1.54, 1.807) is 31.2 Å². The number of carbonyl (C=O) groups excluding carboxylic acids is 2. The number of aliphatic carboxylic acids is 1. The smallest absolute Gasteiger partial charge is 0.327 e. The Morgan fingerprint density at radius 3 is 2.03 bits per heavy atom. The summed E-state index contributed by atoms with van der Waals surface area (Å²) in [5, 5.41) is 12.2. The topological polar surface area (TPSA) is 83.5 Å². The van der Waals surface area contributed by atoms with Crippen molar-refractivity contribution in [1.82, 2.24) is 5.32 Å². The molecule has 0 aliphatic heterocycles. The zero-order valence-electron chi connectivity index (χ0n) is 18.9. The molecule has 1 amide bonds. The molecule has 0 radical (unpaired) electrons. The summed E-state index contributed by atoms with van der Waals surface area (Å²) in [4.78, 5) is 36.4. The molecule has 0 unspecified atom stereocenters. The number of carbonyl (C=O) groups is 3. The first kappa shape index (κ1) is 26.0. The number of carboxylic acids is 1. The summed E-state index contributed by atoms with van der Waals surface area (Å²) in [6.07, 6.45) is 0. The fraction of sp³-hybridized carbons (Fsp3) is 0.400. The second-order valence-corrected chi connectivity index (χ2v) is 10.4. The van der Waals surface area contributed by atoms with Gasteiger partial charge < -0.3 is 10.4 Å². The van der Waals surface area contributed by atoms with E-state index in [0.717, 1.165) is 17.3 Å². The lowest BCUT2D eigenvalue weighted by atomic mass is 10.0. The van der Waals surface area contributed by atoms with Crippen LogP contribution in [0.4, 0.5) is 0 Å². The number of rotatable bonds is 11. The molecular weight excluding hydrogens is 442 g/mol. The third-order valence-corrected chi connectivity index (χ3v) is 7.58. The second kappa shape index (κ2) is 12.7. The minimum Gasteiger partial charge on any atom is -0.480 e. The van der Waals surface area contributed by atoms with Gasteiger partial charge in [0.05, 0.1) is 0 Å². The standard InChI is InChI=1S/C25H31NO4S2/c1-16(2)19-10-12-20(13-11-19)18(4)31-15-22(24(28)29)26-23(27)17(3)14-32-25(30)21-8-6-5-7-9-21/h5-13,16-18,22H,14-15H2,1-4H3,(H,26,27)(H,28,29)/t17-,18+,22+/m1/s1. The van der Waals surface area contributed by atoms with E-state index in [2.05, 4.69) is 43.4 Å². The van der Waals surface area contributed by atoms with Crippen molar-refractivity contribution in [2.24, 2.45) is 5.92 Å². The summed E-state index contributed by atoms with van der Waals surface area (Å²) in [5.41, 5.74) is 2.97. The van der Waals surface area contributed by atoms with E-state index in [1.165, 1.54) is 17.3 Å². The lowest BCUT2D eigenvalue weighted by molar-refractivity contribution is -0.141. The highest BCUT2D eigenvalue weighted by atomic mass is 32.2. The van der Waals surface area contributed by atoms with E-state index in [0.29, 0.717) is 11.5 Å². The zero-order chi connectivity index (χ0) is 23.7. The number of hydrogen-bond acceptors (Lipinski definition) is 5. The zero-order valence-corrected chi connectivity index (χ0v) is 20.5. The SMILES string of the molecule is CC(C)c1ccc([C@H](C)SC[C@H](NC(=O)[C@H](C)CSC(=O)c2ccccc2)C(=O)O)cc1. The van der Waals surface area contributed by atoms with Gasteiger partial charge in [0.1, 0.15) is 6.04 Å². The molecule has 0 saturated heterocycles. The Labute approximate surface area is 198 Å². The highest BCUT2D eigenvalue weighted by molar-refractivity contribution is 8.14. The highest BCUT2D eigenvalue weighted by Crippen LogP contribution is 2.30. The predicted octanol–water partition coefficient (Wildman–Crippen LogP) is 5.38. The van der Waals surface area contributed by atoms with Crippen LogP contribution >= 0.6 is 23.5 Å². The molecule has 2 rings (SSSR count). The van der Waals surface area contributed by atoms with Crippen molar-refractivity contribution in [2.75, 3.05) is 11.5 Å². The third-order valence-electron chi connectivity index (χ3n) is 5.12. The molecular formula is C25H31NO4S2. The van der Waals surface area contributed by atoms with E-state index in [-0.39, 0.29) is 27.8 Å². The van der Waals surface area contributed by atoms with Gasteiger partial charge in [-0.3, -0.25) is 9.59 Å². The fourth-order valence-electron chi connectivity index (χ4n) is 2.91. The molecule has 3 atom stereocenters. The van der Waals surface area contributed by atoms with Crippen LogP contribution in [0.3, 0.4) is 0 Å². The Kier molecular flexibility index (Phi) is 10.3. The van der Waals surface area contributed by atoms with Crippen LogP contribution in [0.2, 0.25) is 0 Å². The lowest BCUT2D eigenvalue weighted by Gasteiger charge is -2.20. The van der Waals surface area contributed by atoms with E-state index < -0.39 is 17.9 Å². The van der Waals surface area contributed by atoms with Crippen molar-refractivity contribution in [1.29, 1.82) is 0 Å². The van der Waals surface area contributed by atoms with E-state index in [4.69, 9.17) is 0 Å². The molecule has 172 valence electrons. The van der Waals surface area contributed by atoms with E-state index >= 15 is 0 Å². The molecule has 7 heteroatoms. The molecule has 2 aromatic rings. The van der Waals surface area contributed by atoms with E-state index in [1.807, 2.05) is 13.0 Å². The molecule has 0 heterocycles. The summed E-state index contributed by atoms with van der Waals surface area (Å²) >= 11 is 2.56. The summed E-state index contributed by atoms with van der Waals surface area (Å²) < 4.78 is 0. The van der Waals surface area contributed by atoms with Gasteiger partial charge in [-0.05, 0) is 24.0 Å². The molecule has 0 aliphatic carbocycles. The summed E-state index contributed by atoms with van der Waals surface area (Å²) in [7, 11) is 0. The van der Waals surface area contributed by atoms with Gasteiger partial charge in [-0.2, -0.15) is 11.8 Å². The number of nitrogens with one attached hydrogen (secondary N) is 1. The number of amides is 1. The van der Waals surface area contributed by atoms with Crippen molar-refractivity contribution in [3.8, 4) is 0 Å². The Balaban J connectivity index is 1.85. The first-order valence-corrected chi connectivity index (χ1v) is 12.7. The Morgan fingerprint density at radius 2 is 1.47 bits per heavy atom. The van der Waals surface area contributed by atoms with Crippen LogP contribution in [-0.2, 0) is 9.59 Å². The largest absolute Gasteiger partial charge is 0.480 e. The molecule has 0 aromatic heterocycles. The van der Waals surface area contributed by atoms with Crippen LogP contribution in [0.1, 0.15) is 60.3 Å². The van der Waals surface area contributed by atoms with E-state index in [9.17, 15) is 19.5 Å². The monoisotopic (exact) mass is 473 g/mol. The minimum absolute atomic E-state index is 0.103. The van der Waals surface area contributed by atoms with Crippen molar-refractivity contribution in [3.63, 3.8) is 0 Å². The first-order valence-electron chi connectivity index (χ1n) is 10.7. The van der Waals surface area contributed by atoms with Gasteiger partial charge in [-0.25, -0.2) is 4.79 Å². The molecule has 0 aliphatic rings.